The van der Waals surface area contributed by atoms with Gasteiger partial charge in [0.1, 0.15) is 22.8 Å². The summed E-state index contributed by atoms with van der Waals surface area (Å²) < 4.78 is 35.2. The number of nitrogens with one attached hydrogen (secondary N) is 2. The average molecular weight is 555 g/mol. The van der Waals surface area contributed by atoms with Crippen molar-refractivity contribution in [2.24, 2.45) is 0 Å². The van der Waals surface area contributed by atoms with Crippen LogP contribution in [0.4, 0.5) is 14.5 Å². The third-order valence-electron chi connectivity index (χ3n) is 7.53. The number of piperidine rings is 1. The number of carboxylic acid groups (broad SMARTS) is 1. The molecule has 3 atom stereocenters. The van der Waals surface area contributed by atoms with Crippen LogP contribution >= 0.6 is 11.6 Å². The number of aliphatic carboxylic acids is 1. The molecule has 202 valence electrons. The number of anilines is 1. The average Bonchev–Trinajstić information content (AvgIpc) is 3.14. The largest absolute Gasteiger partial charge is 0.478 e. The molecule has 5 rings (SSSR count). The number of hydrogen-bond donors (Lipinski definition) is 3. The van der Waals surface area contributed by atoms with E-state index in [1.165, 1.54) is 32.0 Å². The number of carboxylic acids is 1. The lowest BCUT2D eigenvalue weighted by molar-refractivity contribution is -0.152. The van der Waals surface area contributed by atoms with Gasteiger partial charge in [0, 0.05) is 28.6 Å². The third-order valence-corrected chi connectivity index (χ3v) is 7.77. The fourth-order valence-corrected chi connectivity index (χ4v) is 5.82. The molecule has 2 aliphatic heterocycles. The number of carbonyl (C=O) groups is 3. The molecular formula is C29H25ClF2N2O5. The molecule has 3 N–H and O–H groups in total. The first-order valence-electron chi connectivity index (χ1n) is 12.2. The number of benzene rings is 3. The van der Waals surface area contributed by atoms with Gasteiger partial charge in [0.15, 0.2) is 5.60 Å². The summed E-state index contributed by atoms with van der Waals surface area (Å²) in [4.78, 5) is 39.3. The lowest BCUT2D eigenvalue weighted by Crippen LogP contribution is -2.57. The van der Waals surface area contributed by atoms with E-state index in [2.05, 4.69) is 10.6 Å². The second-order valence-electron chi connectivity index (χ2n) is 10.4. The number of halogens is 3. The number of carbonyl (C=O) groups excluding carboxylic acids is 2. The Morgan fingerprint density at radius 3 is 2.41 bits per heavy atom. The Labute approximate surface area is 228 Å². The second kappa shape index (κ2) is 9.34. The highest BCUT2D eigenvalue weighted by molar-refractivity contribution is 6.31. The SMILES string of the molecule is Cc1ccc(F)cc1[C@@H]1NC(=O)C[C@H](c2cc(F)ccc2OC(C)(C)C(=O)O)[C@@]12C(=O)Nc1cc(Cl)ccc12. The monoisotopic (exact) mass is 554 g/mol. The maximum absolute atomic E-state index is 14.8. The Kier molecular flexibility index (Phi) is 6.37. The van der Waals surface area contributed by atoms with Crippen LogP contribution in [0, 0.1) is 18.6 Å². The van der Waals surface area contributed by atoms with Gasteiger partial charge in [-0.3, -0.25) is 9.59 Å². The molecule has 2 amide bonds. The van der Waals surface area contributed by atoms with E-state index in [-0.39, 0.29) is 17.7 Å². The predicted molar refractivity (Wildman–Crippen MR) is 140 cm³/mol. The lowest BCUT2D eigenvalue weighted by Gasteiger charge is -2.47. The van der Waals surface area contributed by atoms with Gasteiger partial charge in [-0.1, -0.05) is 23.7 Å². The van der Waals surface area contributed by atoms with Crippen molar-refractivity contribution in [1.82, 2.24) is 5.32 Å². The fraction of sp³-hybridized carbons (Fsp3) is 0.276. The molecule has 3 aromatic rings. The molecule has 1 saturated heterocycles. The molecule has 10 heteroatoms. The molecule has 0 saturated carbocycles. The minimum absolute atomic E-state index is 0.00722. The van der Waals surface area contributed by atoms with Crippen LogP contribution in [0.25, 0.3) is 0 Å². The van der Waals surface area contributed by atoms with Gasteiger partial charge in [-0.25, -0.2) is 13.6 Å². The molecule has 1 spiro atoms. The number of ether oxygens (including phenoxy) is 1. The van der Waals surface area contributed by atoms with Gasteiger partial charge in [-0.15, -0.1) is 0 Å². The minimum Gasteiger partial charge on any atom is -0.478 e. The van der Waals surface area contributed by atoms with Crippen LogP contribution in [0.3, 0.4) is 0 Å². The molecule has 0 unspecified atom stereocenters. The molecular weight excluding hydrogens is 530 g/mol. The summed E-state index contributed by atoms with van der Waals surface area (Å²) in [6.07, 6.45) is -0.256. The van der Waals surface area contributed by atoms with Crippen LogP contribution in [0.15, 0.2) is 54.6 Å². The molecule has 0 aromatic heterocycles. The normalized spacial score (nSPS) is 22.3. The number of hydrogen-bond acceptors (Lipinski definition) is 4. The Hall–Kier alpha value is -3.98. The first-order chi connectivity index (χ1) is 18.3. The van der Waals surface area contributed by atoms with E-state index in [0.29, 0.717) is 27.4 Å². The van der Waals surface area contributed by atoms with Crippen LogP contribution in [-0.4, -0.2) is 28.5 Å². The smallest absolute Gasteiger partial charge is 0.347 e. The standard InChI is InChI=1S/C29H25ClF2N2O5/c1-14-4-6-16(31)11-18(14)25-29(20-8-5-15(30)10-22(20)33-26(29)36)21(13-24(35)34-25)19-12-17(32)7-9-23(19)39-28(2,3)27(37)38/h4-12,21,25H,13H2,1-3H3,(H,33,36)(H,34,35)(H,37,38)/t21-,25+,29-/m1/s1. The summed E-state index contributed by atoms with van der Waals surface area (Å²) in [5.74, 6) is -4.48. The van der Waals surface area contributed by atoms with Crippen LogP contribution < -0.4 is 15.4 Å². The Morgan fingerprint density at radius 1 is 1.05 bits per heavy atom. The summed E-state index contributed by atoms with van der Waals surface area (Å²) in [6.45, 7) is 4.41. The van der Waals surface area contributed by atoms with Gasteiger partial charge in [-0.2, -0.15) is 0 Å². The van der Waals surface area contributed by atoms with E-state index < -0.39 is 52.4 Å². The van der Waals surface area contributed by atoms with Gasteiger partial charge < -0.3 is 20.5 Å². The Bertz CT molecular complexity index is 1540. The van der Waals surface area contributed by atoms with E-state index >= 15 is 0 Å². The Balaban J connectivity index is 1.82. The topological polar surface area (TPSA) is 105 Å². The highest BCUT2D eigenvalue weighted by Crippen LogP contribution is 2.59. The molecule has 2 aliphatic rings. The minimum atomic E-state index is -1.71. The zero-order valence-corrected chi connectivity index (χ0v) is 22.0. The number of amides is 2. The fourth-order valence-electron chi connectivity index (χ4n) is 5.65. The van der Waals surface area contributed by atoms with Gasteiger partial charge in [0.2, 0.25) is 11.8 Å². The van der Waals surface area contributed by atoms with E-state index in [9.17, 15) is 28.3 Å². The van der Waals surface area contributed by atoms with Gasteiger partial charge >= 0.3 is 5.97 Å². The van der Waals surface area contributed by atoms with Crippen LogP contribution in [0.1, 0.15) is 54.5 Å². The van der Waals surface area contributed by atoms with Gasteiger partial charge in [0.25, 0.3) is 0 Å². The van der Waals surface area contributed by atoms with Crippen LogP contribution in [0.5, 0.6) is 5.75 Å². The van der Waals surface area contributed by atoms with Crippen molar-refractivity contribution < 1.29 is 33.0 Å². The maximum Gasteiger partial charge on any atom is 0.347 e. The first kappa shape index (κ1) is 26.6. The summed E-state index contributed by atoms with van der Waals surface area (Å²) in [6, 6.07) is 11.4. The molecule has 2 heterocycles. The quantitative estimate of drug-likeness (QED) is 0.391. The lowest BCUT2D eigenvalue weighted by atomic mass is 9.59. The van der Waals surface area contributed by atoms with E-state index in [0.717, 1.165) is 12.1 Å². The van der Waals surface area contributed by atoms with Crippen molar-refractivity contribution in [1.29, 1.82) is 0 Å². The number of fused-ring (bicyclic) bond motifs is 2. The van der Waals surface area contributed by atoms with Crippen molar-refractivity contribution in [3.8, 4) is 5.75 Å². The van der Waals surface area contributed by atoms with Crippen molar-refractivity contribution in [3.63, 3.8) is 0 Å². The van der Waals surface area contributed by atoms with Gasteiger partial charge in [0.05, 0.1) is 6.04 Å². The molecule has 0 bridgehead atoms. The van der Waals surface area contributed by atoms with Crippen molar-refractivity contribution >= 4 is 35.1 Å². The summed E-state index contributed by atoms with van der Waals surface area (Å²) >= 11 is 6.23. The first-order valence-corrected chi connectivity index (χ1v) is 12.6. The predicted octanol–water partition coefficient (Wildman–Crippen LogP) is 5.40. The number of rotatable bonds is 5. The Morgan fingerprint density at radius 2 is 1.72 bits per heavy atom. The molecule has 0 radical (unpaired) electrons. The molecule has 39 heavy (non-hydrogen) atoms. The zero-order chi connectivity index (χ0) is 28.3. The van der Waals surface area contributed by atoms with Crippen molar-refractivity contribution in [2.45, 2.75) is 50.2 Å². The summed E-state index contributed by atoms with van der Waals surface area (Å²) in [5, 5.41) is 15.8. The van der Waals surface area contributed by atoms with Gasteiger partial charge in [-0.05, 0) is 79.9 Å². The highest BCUT2D eigenvalue weighted by atomic mass is 35.5. The van der Waals surface area contributed by atoms with Crippen LogP contribution in [0.2, 0.25) is 5.02 Å². The molecule has 3 aromatic carbocycles. The van der Waals surface area contributed by atoms with E-state index in [1.807, 2.05) is 0 Å². The summed E-state index contributed by atoms with van der Waals surface area (Å²) in [5.41, 5.74) is -1.29. The van der Waals surface area contributed by atoms with Crippen molar-refractivity contribution in [2.75, 3.05) is 5.32 Å². The maximum atomic E-state index is 14.8. The summed E-state index contributed by atoms with van der Waals surface area (Å²) in [7, 11) is 0. The zero-order valence-electron chi connectivity index (χ0n) is 21.3. The van der Waals surface area contributed by atoms with Crippen molar-refractivity contribution in [3.05, 3.63) is 93.5 Å². The molecule has 7 nitrogen and oxygen atoms in total. The van der Waals surface area contributed by atoms with E-state index in [4.69, 9.17) is 16.3 Å². The third kappa shape index (κ3) is 4.30. The highest BCUT2D eigenvalue weighted by Gasteiger charge is 2.62. The van der Waals surface area contributed by atoms with Crippen LogP contribution in [-0.2, 0) is 19.8 Å². The molecule has 1 fully saturated rings. The number of aryl methyl sites for hydroxylation is 1. The second-order valence-corrected chi connectivity index (χ2v) is 10.8. The molecule has 0 aliphatic carbocycles. The van der Waals surface area contributed by atoms with E-state index in [1.54, 1.807) is 31.2 Å².